The molecular weight excluding hydrogens is 388 g/mol. The maximum atomic E-state index is 6.60. The van der Waals surface area contributed by atoms with Crippen LogP contribution in [0, 0.1) is 0 Å². The van der Waals surface area contributed by atoms with Crippen LogP contribution in [0.5, 0.6) is 0 Å². The number of hydrogen-bond acceptors (Lipinski definition) is 4. The molecule has 4 rings (SSSR count). The minimum atomic E-state index is -0.181. The van der Waals surface area contributed by atoms with Gasteiger partial charge in [0.05, 0.1) is 16.8 Å². The molecule has 1 aliphatic rings. The number of hydrogen-bond donors (Lipinski definition) is 0. The van der Waals surface area contributed by atoms with E-state index in [1.165, 1.54) is 4.90 Å². The summed E-state index contributed by atoms with van der Waals surface area (Å²) in [6.45, 7) is 4.75. The molecular formula is C22H23ClN4S. The van der Waals surface area contributed by atoms with Crippen molar-refractivity contribution in [1.29, 1.82) is 0 Å². The van der Waals surface area contributed by atoms with E-state index in [1.54, 1.807) is 0 Å². The third-order valence-corrected chi connectivity index (χ3v) is 6.53. The van der Waals surface area contributed by atoms with Gasteiger partial charge in [-0.25, -0.2) is 0 Å². The molecule has 0 saturated carbocycles. The van der Waals surface area contributed by atoms with Crippen molar-refractivity contribution in [1.82, 2.24) is 14.8 Å². The molecule has 3 aromatic rings. The summed E-state index contributed by atoms with van der Waals surface area (Å²) in [5.74, 6) is 2.69. The van der Waals surface area contributed by atoms with Gasteiger partial charge in [0.25, 0.3) is 0 Å². The zero-order valence-corrected chi connectivity index (χ0v) is 17.7. The van der Waals surface area contributed by atoms with Crippen LogP contribution in [0.3, 0.4) is 0 Å². The van der Waals surface area contributed by atoms with Gasteiger partial charge in [0, 0.05) is 16.0 Å². The summed E-state index contributed by atoms with van der Waals surface area (Å²) in [5.41, 5.74) is 4.34. The smallest absolute Gasteiger partial charge is 0.159 e. The van der Waals surface area contributed by atoms with Crippen LogP contribution >= 0.6 is 23.4 Å². The van der Waals surface area contributed by atoms with Crippen molar-refractivity contribution in [2.45, 2.75) is 43.5 Å². The van der Waals surface area contributed by atoms with Crippen LogP contribution in [-0.4, -0.2) is 26.2 Å². The fourth-order valence-electron chi connectivity index (χ4n) is 3.42. The Kier molecular flexibility index (Phi) is 5.83. The van der Waals surface area contributed by atoms with Crippen LogP contribution in [0.15, 0.2) is 58.4 Å². The van der Waals surface area contributed by atoms with Crippen molar-refractivity contribution in [3.63, 3.8) is 0 Å². The molecule has 0 spiro atoms. The van der Waals surface area contributed by atoms with Gasteiger partial charge in [0.15, 0.2) is 11.6 Å². The lowest BCUT2D eigenvalue weighted by Gasteiger charge is -2.18. The zero-order chi connectivity index (χ0) is 19.5. The van der Waals surface area contributed by atoms with Crippen LogP contribution in [0.1, 0.15) is 54.8 Å². The highest BCUT2D eigenvalue weighted by Gasteiger charge is 2.27. The van der Waals surface area contributed by atoms with E-state index in [0.29, 0.717) is 6.54 Å². The van der Waals surface area contributed by atoms with Crippen LogP contribution in [0.4, 0.5) is 0 Å². The van der Waals surface area contributed by atoms with E-state index in [2.05, 4.69) is 71.1 Å². The average Bonchev–Trinajstić information content (AvgIpc) is 3.09. The van der Waals surface area contributed by atoms with E-state index in [1.807, 2.05) is 17.8 Å². The van der Waals surface area contributed by atoms with Crippen molar-refractivity contribution < 1.29 is 0 Å². The van der Waals surface area contributed by atoms with Crippen molar-refractivity contribution in [2.75, 3.05) is 5.75 Å². The van der Waals surface area contributed by atoms with Crippen molar-refractivity contribution >= 4 is 29.1 Å². The maximum absolute atomic E-state index is 6.60. The third-order valence-electron chi connectivity index (χ3n) is 4.76. The van der Waals surface area contributed by atoms with Gasteiger partial charge in [-0.3, -0.25) is 9.56 Å². The maximum Gasteiger partial charge on any atom is 0.159 e. The van der Waals surface area contributed by atoms with Gasteiger partial charge in [0.2, 0.25) is 0 Å². The lowest BCUT2D eigenvalue weighted by atomic mass is 10.0. The molecule has 4 nitrogen and oxygen atoms in total. The first kappa shape index (κ1) is 19.2. The second-order valence-corrected chi connectivity index (χ2v) is 8.38. The van der Waals surface area contributed by atoms with Gasteiger partial charge >= 0.3 is 0 Å². The van der Waals surface area contributed by atoms with Gasteiger partial charge in [-0.1, -0.05) is 50.2 Å². The third kappa shape index (κ3) is 3.49. The van der Waals surface area contributed by atoms with E-state index in [4.69, 9.17) is 16.6 Å². The number of fused-ring (bicyclic) bond motifs is 3. The Bertz CT molecular complexity index is 997. The van der Waals surface area contributed by atoms with Crippen molar-refractivity contribution in [3.05, 3.63) is 71.3 Å². The Hall–Kier alpha value is -2.11. The molecule has 1 aliphatic heterocycles. The number of nitrogens with zero attached hydrogens (tertiary/aromatic N) is 4. The molecule has 0 amide bonds. The Labute approximate surface area is 175 Å². The molecule has 1 atom stereocenters. The quantitative estimate of drug-likeness (QED) is 0.380. The Morgan fingerprint density at radius 2 is 1.89 bits per heavy atom. The lowest BCUT2D eigenvalue weighted by Crippen LogP contribution is -2.11. The van der Waals surface area contributed by atoms with Crippen molar-refractivity contribution in [2.24, 2.45) is 4.99 Å². The molecule has 6 heteroatoms. The largest absolute Gasteiger partial charge is 0.279 e. The number of aromatic nitrogens is 3. The number of rotatable bonds is 6. The summed E-state index contributed by atoms with van der Waals surface area (Å²) in [5, 5.41) is 8.64. The molecule has 144 valence electrons. The number of benzene rings is 2. The van der Waals surface area contributed by atoms with E-state index in [9.17, 15) is 0 Å². The monoisotopic (exact) mass is 410 g/mol. The average molecular weight is 411 g/mol. The molecule has 28 heavy (non-hydrogen) atoms. The molecule has 0 bridgehead atoms. The molecule has 0 saturated heterocycles. The molecule has 1 aromatic heterocycles. The molecule has 0 radical (unpaired) electrons. The second-order valence-electron chi connectivity index (χ2n) is 6.72. The summed E-state index contributed by atoms with van der Waals surface area (Å²) >= 11 is 8.47. The molecule has 2 aromatic carbocycles. The highest BCUT2D eigenvalue weighted by atomic mass is 35.5. The molecule has 0 fully saturated rings. The van der Waals surface area contributed by atoms with E-state index < -0.39 is 0 Å². The standard InChI is InChI=1S/C22H23ClN4S/c1-3-13-28-18-12-8-11-17-20(18)21(15-9-6-5-7-10-15)24-14-19-25-26-22(27(17)19)16(23)4-2/h5-12,16H,3-4,13-14H2,1-2H3. The highest BCUT2D eigenvalue weighted by Crippen LogP contribution is 2.35. The van der Waals surface area contributed by atoms with Gasteiger partial charge in [-0.15, -0.1) is 33.6 Å². The van der Waals surface area contributed by atoms with E-state index >= 15 is 0 Å². The summed E-state index contributed by atoms with van der Waals surface area (Å²) in [6.07, 6.45) is 1.92. The SMILES string of the molecule is CCCSc1cccc2c1C(c1ccccc1)=NCc1nnc(C(Cl)CC)n1-2. The molecule has 0 aliphatic carbocycles. The lowest BCUT2D eigenvalue weighted by molar-refractivity contribution is 0.764. The van der Waals surface area contributed by atoms with Crippen LogP contribution in [-0.2, 0) is 6.54 Å². The Morgan fingerprint density at radius 1 is 1.07 bits per heavy atom. The van der Waals surface area contributed by atoms with Gasteiger partial charge in [-0.2, -0.15) is 0 Å². The number of thioether (sulfide) groups is 1. The minimum Gasteiger partial charge on any atom is -0.279 e. The normalized spacial score (nSPS) is 14.0. The summed E-state index contributed by atoms with van der Waals surface area (Å²) < 4.78 is 2.12. The molecule has 1 unspecified atom stereocenters. The fourth-order valence-corrected chi connectivity index (χ4v) is 4.50. The number of aliphatic imine (C=N–C) groups is 1. The summed E-state index contributed by atoms with van der Waals surface area (Å²) in [7, 11) is 0. The zero-order valence-electron chi connectivity index (χ0n) is 16.1. The fraction of sp³-hybridized carbons (Fsp3) is 0.318. The van der Waals surface area contributed by atoms with Gasteiger partial charge in [0.1, 0.15) is 6.54 Å². The van der Waals surface area contributed by atoms with Crippen LogP contribution in [0.25, 0.3) is 5.69 Å². The molecule has 2 heterocycles. The van der Waals surface area contributed by atoms with E-state index in [0.717, 1.165) is 52.8 Å². The number of alkyl halides is 1. The first-order valence-electron chi connectivity index (χ1n) is 9.69. The summed E-state index contributed by atoms with van der Waals surface area (Å²) in [4.78, 5) is 6.21. The predicted molar refractivity (Wildman–Crippen MR) is 117 cm³/mol. The van der Waals surface area contributed by atoms with Crippen LogP contribution in [0.2, 0.25) is 0 Å². The topological polar surface area (TPSA) is 43.1 Å². The first-order valence-corrected chi connectivity index (χ1v) is 11.1. The summed E-state index contributed by atoms with van der Waals surface area (Å²) in [6, 6.07) is 16.8. The first-order chi connectivity index (χ1) is 13.7. The Balaban J connectivity index is 1.97. The van der Waals surface area contributed by atoms with E-state index in [-0.39, 0.29) is 5.38 Å². The van der Waals surface area contributed by atoms with Gasteiger partial charge in [-0.05, 0) is 30.7 Å². The molecule has 0 N–H and O–H groups in total. The predicted octanol–water partition coefficient (Wildman–Crippen LogP) is 5.81. The Morgan fingerprint density at radius 3 is 2.64 bits per heavy atom. The van der Waals surface area contributed by atoms with Gasteiger partial charge < -0.3 is 0 Å². The second kappa shape index (κ2) is 8.50. The minimum absolute atomic E-state index is 0.181. The van der Waals surface area contributed by atoms with Crippen LogP contribution < -0.4 is 0 Å². The highest BCUT2D eigenvalue weighted by molar-refractivity contribution is 7.99. The number of halogens is 1. The van der Waals surface area contributed by atoms with Crippen molar-refractivity contribution in [3.8, 4) is 5.69 Å².